The van der Waals surface area contributed by atoms with Gasteiger partial charge in [-0.15, -0.1) is 0 Å². The topological polar surface area (TPSA) is 68.0 Å². The Morgan fingerprint density at radius 3 is 2.58 bits per heavy atom. The molecule has 0 aliphatic heterocycles. The van der Waals surface area contributed by atoms with Gasteiger partial charge in [-0.3, -0.25) is 9.78 Å². The van der Waals surface area contributed by atoms with Crippen LogP contribution in [0.2, 0.25) is 0 Å². The maximum Gasteiger partial charge on any atom is 0.251 e. The molecule has 0 saturated carbocycles. The molecular weight excluding hydrogens is 238 g/mol. The number of benzene rings is 1. The van der Waals surface area contributed by atoms with Crippen LogP contribution in [0.1, 0.15) is 34.6 Å². The van der Waals surface area contributed by atoms with Crippen molar-refractivity contribution in [1.82, 2.24) is 10.3 Å². The van der Waals surface area contributed by atoms with Crippen LogP contribution in [0.4, 0.5) is 0 Å². The molecule has 0 saturated heterocycles. The van der Waals surface area contributed by atoms with Gasteiger partial charge in [0.05, 0.1) is 11.7 Å². The summed E-state index contributed by atoms with van der Waals surface area (Å²) in [4.78, 5) is 16.3. The number of pyridine rings is 1. The minimum atomic E-state index is -0.122. The van der Waals surface area contributed by atoms with Crippen LogP contribution >= 0.6 is 0 Å². The molecule has 4 nitrogen and oxygen atoms in total. The number of aromatic nitrogens is 1. The van der Waals surface area contributed by atoms with Crippen LogP contribution in [0, 0.1) is 0 Å². The fourth-order valence-electron chi connectivity index (χ4n) is 1.78. The minimum absolute atomic E-state index is 0.110. The van der Waals surface area contributed by atoms with Gasteiger partial charge < -0.3 is 11.1 Å². The first kappa shape index (κ1) is 13.2. The fourth-order valence-corrected chi connectivity index (χ4v) is 1.78. The fraction of sp³-hybridized carbons (Fsp3) is 0.200. The number of carbonyl (C=O) groups excluding carboxylic acids is 1. The van der Waals surface area contributed by atoms with Gasteiger partial charge in [0.25, 0.3) is 5.91 Å². The Hall–Kier alpha value is -2.20. The number of rotatable bonds is 4. The van der Waals surface area contributed by atoms with Gasteiger partial charge in [-0.1, -0.05) is 18.2 Å². The quantitative estimate of drug-likeness (QED) is 0.878. The smallest absolute Gasteiger partial charge is 0.251 e. The molecule has 1 atom stereocenters. The predicted octanol–water partition coefficient (Wildman–Crippen LogP) is 2.03. The molecule has 1 aromatic carbocycles. The van der Waals surface area contributed by atoms with Crippen LogP contribution in [0.3, 0.4) is 0 Å². The van der Waals surface area contributed by atoms with E-state index in [9.17, 15) is 4.79 Å². The Morgan fingerprint density at radius 1 is 1.26 bits per heavy atom. The van der Waals surface area contributed by atoms with Crippen molar-refractivity contribution in [2.24, 2.45) is 5.73 Å². The second kappa shape index (κ2) is 6.11. The molecule has 1 unspecified atom stereocenters. The average molecular weight is 255 g/mol. The summed E-state index contributed by atoms with van der Waals surface area (Å²) in [5, 5.41) is 2.92. The molecule has 3 N–H and O–H groups in total. The molecule has 4 heteroatoms. The van der Waals surface area contributed by atoms with Crippen molar-refractivity contribution in [3.8, 4) is 0 Å². The highest BCUT2D eigenvalue weighted by Crippen LogP contribution is 2.10. The standard InChI is InChI=1S/C15H17N3O/c1-11(14-4-2-3-9-17-14)18-15(19)13-7-5-12(10-16)6-8-13/h2-9,11H,10,16H2,1H3,(H,18,19). The SMILES string of the molecule is CC(NC(=O)c1ccc(CN)cc1)c1ccccn1. The van der Waals surface area contributed by atoms with Gasteiger partial charge in [0.1, 0.15) is 0 Å². The molecule has 0 aliphatic rings. The summed E-state index contributed by atoms with van der Waals surface area (Å²) in [5.41, 5.74) is 8.00. The lowest BCUT2D eigenvalue weighted by atomic mass is 10.1. The van der Waals surface area contributed by atoms with Gasteiger partial charge in [0.2, 0.25) is 0 Å². The number of nitrogens with two attached hydrogens (primary N) is 1. The van der Waals surface area contributed by atoms with Crippen molar-refractivity contribution in [1.29, 1.82) is 0 Å². The monoisotopic (exact) mass is 255 g/mol. The van der Waals surface area contributed by atoms with Gasteiger partial charge in [-0.2, -0.15) is 0 Å². The Bertz CT molecular complexity index is 537. The van der Waals surface area contributed by atoms with Crippen LogP contribution in [-0.2, 0) is 6.54 Å². The highest BCUT2D eigenvalue weighted by Gasteiger charge is 2.11. The molecule has 1 heterocycles. The Morgan fingerprint density at radius 2 is 2.00 bits per heavy atom. The van der Waals surface area contributed by atoms with E-state index >= 15 is 0 Å². The van der Waals surface area contributed by atoms with E-state index in [1.807, 2.05) is 37.3 Å². The van der Waals surface area contributed by atoms with Crippen LogP contribution in [-0.4, -0.2) is 10.9 Å². The first-order valence-electron chi connectivity index (χ1n) is 6.21. The number of carbonyl (C=O) groups is 1. The molecule has 2 aromatic rings. The van der Waals surface area contributed by atoms with Crippen molar-refractivity contribution in [2.45, 2.75) is 19.5 Å². The van der Waals surface area contributed by atoms with Crippen LogP contribution in [0.5, 0.6) is 0 Å². The molecule has 0 aliphatic carbocycles. The van der Waals surface area contributed by atoms with Gasteiger partial charge in [0.15, 0.2) is 0 Å². The summed E-state index contributed by atoms with van der Waals surface area (Å²) in [6.45, 7) is 2.39. The van der Waals surface area contributed by atoms with Gasteiger partial charge >= 0.3 is 0 Å². The number of hydrogen-bond donors (Lipinski definition) is 2. The van der Waals surface area contributed by atoms with E-state index < -0.39 is 0 Å². The minimum Gasteiger partial charge on any atom is -0.344 e. The molecule has 0 fully saturated rings. The summed E-state index contributed by atoms with van der Waals surface area (Å²) in [7, 11) is 0. The van der Waals surface area contributed by atoms with Gasteiger partial charge in [0, 0.05) is 18.3 Å². The number of hydrogen-bond acceptors (Lipinski definition) is 3. The third-order valence-electron chi connectivity index (χ3n) is 2.93. The number of nitrogens with one attached hydrogen (secondary N) is 1. The molecular formula is C15H17N3O. The van der Waals surface area contributed by atoms with Crippen molar-refractivity contribution >= 4 is 5.91 Å². The van der Waals surface area contributed by atoms with E-state index in [1.165, 1.54) is 0 Å². The second-order valence-electron chi connectivity index (χ2n) is 4.35. The van der Waals surface area contributed by atoms with Crippen LogP contribution in [0.15, 0.2) is 48.7 Å². The third-order valence-corrected chi connectivity index (χ3v) is 2.93. The summed E-state index contributed by atoms with van der Waals surface area (Å²) in [6.07, 6.45) is 1.72. The number of nitrogens with zero attached hydrogens (tertiary/aromatic N) is 1. The zero-order valence-corrected chi connectivity index (χ0v) is 10.8. The highest BCUT2D eigenvalue weighted by molar-refractivity contribution is 5.94. The summed E-state index contributed by atoms with van der Waals surface area (Å²) in [6, 6.07) is 12.8. The lowest BCUT2D eigenvalue weighted by Gasteiger charge is -2.13. The molecule has 0 spiro atoms. The molecule has 2 rings (SSSR count). The molecule has 19 heavy (non-hydrogen) atoms. The third kappa shape index (κ3) is 3.39. The Kier molecular flexibility index (Phi) is 4.26. The van der Waals surface area contributed by atoms with E-state index in [2.05, 4.69) is 10.3 Å². The normalized spacial score (nSPS) is 11.9. The first-order valence-corrected chi connectivity index (χ1v) is 6.21. The summed E-state index contributed by atoms with van der Waals surface area (Å²) < 4.78 is 0. The van der Waals surface area contributed by atoms with E-state index in [0.29, 0.717) is 12.1 Å². The lowest BCUT2D eigenvalue weighted by Crippen LogP contribution is -2.27. The Labute approximate surface area is 112 Å². The van der Waals surface area contributed by atoms with Crippen LogP contribution < -0.4 is 11.1 Å². The largest absolute Gasteiger partial charge is 0.344 e. The van der Waals surface area contributed by atoms with Crippen LogP contribution in [0.25, 0.3) is 0 Å². The maximum absolute atomic E-state index is 12.1. The summed E-state index contributed by atoms with van der Waals surface area (Å²) in [5.74, 6) is -0.110. The molecule has 0 radical (unpaired) electrons. The average Bonchev–Trinajstić information content (AvgIpc) is 2.48. The van der Waals surface area contributed by atoms with Crippen molar-refractivity contribution in [3.05, 3.63) is 65.5 Å². The van der Waals surface area contributed by atoms with E-state index in [4.69, 9.17) is 5.73 Å². The molecule has 98 valence electrons. The zero-order valence-electron chi connectivity index (χ0n) is 10.8. The van der Waals surface area contributed by atoms with Gasteiger partial charge in [-0.05, 0) is 36.8 Å². The van der Waals surface area contributed by atoms with E-state index in [-0.39, 0.29) is 11.9 Å². The molecule has 0 bridgehead atoms. The maximum atomic E-state index is 12.1. The number of amides is 1. The molecule has 1 aromatic heterocycles. The molecule has 1 amide bonds. The predicted molar refractivity (Wildman–Crippen MR) is 74.5 cm³/mol. The second-order valence-corrected chi connectivity index (χ2v) is 4.35. The van der Waals surface area contributed by atoms with E-state index in [0.717, 1.165) is 11.3 Å². The van der Waals surface area contributed by atoms with Crippen molar-refractivity contribution in [3.63, 3.8) is 0 Å². The summed E-state index contributed by atoms with van der Waals surface area (Å²) >= 11 is 0. The zero-order chi connectivity index (χ0) is 13.7. The highest BCUT2D eigenvalue weighted by atomic mass is 16.1. The Balaban J connectivity index is 2.04. The van der Waals surface area contributed by atoms with Crippen molar-refractivity contribution < 1.29 is 4.79 Å². The first-order chi connectivity index (χ1) is 9.20. The van der Waals surface area contributed by atoms with Gasteiger partial charge in [-0.25, -0.2) is 0 Å². The van der Waals surface area contributed by atoms with Crippen molar-refractivity contribution in [2.75, 3.05) is 0 Å². The lowest BCUT2D eigenvalue weighted by molar-refractivity contribution is 0.0939. The van der Waals surface area contributed by atoms with E-state index in [1.54, 1.807) is 18.3 Å².